The van der Waals surface area contributed by atoms with Crippen LogP contribution in [0.15, 0.2) is 40.9 Å². The quantitative estimate of drug-likeness (QED) is 0.846. The molecule has 2 aromatic carbocycles. The number of carbonyl (C=O) groups is 1. The van der Waals surface area contributed by atoms with Gasteiger partial charge >= 0.3 is 0 Å². The summed E-state index contributed by atoms with van der Waals surface area (Å²) >= 11 is 9.28. The van der Waals surface area contributed by atoms with Crippen molar-refractivity contribution in [3.05, 3.63) is 57.0 Å². The lowest BCUT2D eigenvalue weighted by Crippen LogP contribution is -2.19. The monoisotopic (exact) mass is 361 g/mol. The number of carbonyl (C=O) groups excluding carboxylic acids is 1. The van der Waals surface area contributed by atoms with Gasteiger partial charge in [-0.1, -0.05) is 33.6 Å². The molecule has 6 heteroatoms. The maximum atomic E-state index is 12.1. The van der Waals surface area contributed by atoms with Crippen LogP contribution in [-0.2, 0) is 4.79 Å². The minimum Gasteiger partial charge on any atom is -0.370 e. The number of benzene rings is 2. The largest absolute Gasteiger partial charge is 0.370 e. The van der Waals surface area contributed by atoms with Gasteiger partial charge in [-0.2, -0.15) is 5.26 Å². The Kier molecular flexibility index (Phi) is 3.58. The highest BCUT2D eigenvalue weighted by Crippen LogP contribution is 2.35. The number of anilines is 2. The second-order valence-corrected chi connectivity index (χ2v) is 5.93. The Labute approximate surface area is 134 Å². The van der Waals surface area contributed by atoms with Gasteiger partial charge in [0.25, 0.3) is 5.91 Å². The SMILES string of the molecule is N#Cc1cc(NC2C(=O)Nc3cc(Br)ccc32)ccc1Cl. The third kappa shape index (κ3) is 2.60. The Morgan fingerprint density at radius 2 is 2.10 bits per heavy atom. The molecule has 2 aromatic rings. The first kappa shape index (κ1) is 13.9. The van der Waals surface area contributed by atoms with Gasteiger partial charge in [0.15, 0.2) is 0 Å². The van der Waals surface area contributed by atoms with E-state index in [1.165, 1.54) is 0 Å². The first-order valence-corrected chi connectivity index (χ1v) is 7.32. The summed E-state index contributed by atoms with van der Waals surface area (Å²) in [6.07, 6.45) is 0. The molecule has 0 aromatic heterocycles. The van der Waals surface area contributed by atoms with E-state index in [0.29, 0.717) is 16.3 Å². The van der Waals surface area contributed by atoms with Crippen molar-refractivity contribution in [3.8, 4) is 6.07 Å². The number of nitrogens with zero attached hydrogens (tertiary/aromatic N) is 1. The van der Waals surface area contributed by atoms with Crippen molar-refractivity contribution in [1.82, 2.24) is 0 Å². The molecule has 0 bridgehead atoms. The van der Waals surface area contributed by atoms with Gasteiger partial charge in [-0.05, 0) is 30.3 Å². The molecule has 1 aliphatic rings. The van der Waals surface area contributed by atoms with E-state index < -0.39 is 6.04 Å². The Morgan fingerprint density at radius 3 is 2.86 bits per heavy atom. The molecule has 1 aliphatic heterocycles. The molecule has 1 heterocycles. The molecule has 21 heavy (non-hydrogen) atoms. The predicted octanol–water partition coefficient (Wildman–Crippen LogP) is 4.08. The Balaban J connectivity index is 1.93. The van der Waals surface area contributed by atoms with E-state index in [4.69, 9.17) is 16.9 Å². The first-order valence-electron chi connectivity index (χ1n) is 6.15. The standard InChI is InChI=1S/C15H9BrClN3O/c16-9-1-3-11-13(6-9)20-15(21)14(11)19-10-2-4-12(17)8(5-10)7-18/h1-6,14,19H,(H,20,21). The normalized spacial score (nSPS) is 16.0. The summed E-state index contributed by atoms with van der Waals surface area (Å²) in [5.41, 5.74) is 2.70. The van der Waals surface area contributed by atoms with E-state index in [2.05, 4.69) is 26.6 Å². The molecule has 0 spiro atoms. The topological polar surface area (TPSA) is 64.9 Å². The van der Waals surface area contributed by atoms with Crippen molar-refractivity contribution in [2.75, 3.05) is 10.6 Å². The van der Waals surface area contributed by atoms with Gasteiger partial charge in [-0.3, -0.25) is 4.79 Å². The van der Waals surface area contributed by atoms with Crippen LogP contribution in [0.25, 0.3) is 0 Å². The average Bonchev–Trinajstić information content (AvgIpc) is 2.76. The number of rotatable bonds is 2. The molecule has 1 atom stereocenters. The summed E-state index contributed by atoms with van der Waals surface area (Å²) in [6, 6.07) is 12.2. The Hall–Kier alpha value is -2.03. The second kappa shape index (κ2) is 5.40. The number of hydrogen-bond donors (Lipinski definition) is 2. The summed E-state index contributed by atoms with van der Waals surface area (Å²) in [7, 11) is 0. The third-order valence-electron chi connectivity index (χ3n) is 3.24. The van der Waals surface area contributed by atoms with Crippen LogP contribution >= 0.6 is 27.5 Å². The summed E-state index contributed by atoms with van der Waals surface area (Å²) in [4.78, 5) is 12.1. The molecule has 3 rings (SSSR count). The van der Waals surface area contributed by atoms with Crippen molar-refractivity contribution < 1.29 is 4.79 Å². The number of hydrogen-bond acceptors (Lipinski definition) is 3. The Bertz CT molecular complexity index is 785. The summed E-state index contributed by atoms with van der Waals surface area (Å²) < 4.78 is 0.903. The van der Waals surface area contributed by atoms with Crippen molar-refractivity contribution in [3.63, 3.8) is 0 Å². The van der Waals surface area contributed by atoms with Gasteiger partial charge in [0.2, 0.25) is 0 Å². The minimum absolute atomic E-state index is 0.128. The zero-order valence-corrected chi connectivity index (χ0v) is 13.0. The lowest BCUT2D eigenvalue weighted by molar-refractivity contribution is -0.116. The van der Waals surface area contributed by atoms with Crippen LogP contribution in [0.3, 0.4) is 0 Å². The van der Waals surface area contributed by atoms with Crippen molar-refractivity contribution >= 4 is 44.8 Å². The zero-order chi connectivity index (χ0) is 15.0. The molecular weight excluding hydrogens is 354 g/mol. The number of nitriles is 1. The van der Waals surface area contributed by atoms with Crippen LogP contribution in [0, 0.1) is 11.3 Å². The summed E-state index contributed by atoms with van der Waals surface area (Å²) in [5, 5.41) is 15.3. The van der Waals surface area contributed by atoms with E-state index in [0.717, 1.165) is 15.7 Å². The first-order chi connectivity index (χ1) is 10.1. The fourth-order valence-corrected chi connectivity index (χ4v) is 2.77. The molecule has 0 fully saturated rings. The van der Waals surface area contributed by atoms with Crippen molar-refractivity contribution in [1.29, 1.82) is 5.26 Å². The van der Waals surface area contributed by atoms with E-state index in [1.807, 2.05) is 24.3 Å². The molecule has 2 N–H and O–H groups in total. The Morgan fingerprint density at radius 1 is 1.29 bits per heavy atom. The van der Waals surface area contributed by atoms with Crippen molar-refractivity contribution in [2.45, 2.75) is 6.04 Å². The highest BCUT2D eigenvalue weighted by atomic mass is 79.9. The zero-order valence-electron chi connectivity index (χ0n) is 10.7. The fraction of sp³-hybridized carbons (Fsp3) is 0.0667. The van der Waals surface area contributed by atoms with Gasteiger partial charge < -0.3 is 10.6 Å². The van der Waals surface area contributed by atoms with Gasteiger partial charge in [0, 0.05) is 21.4 Å². The van der Waals surface area contributed by atoms with E-state index in [-0.39, 0.29) is 5.91 Å². The van der Waals surface area contributed by atoms with Crippen LogP contribution in [0.5, 0.6) is 0 Å². The molecule has 0 aliphatic carbocycles. The van der Waals surface area contributed by atoms with Gasteiger partial charge in [-0.25, -0.2) is 0 Å². The smallest absolute Gasteiger partial charge is 0.251 e. The van der Waals surface area contributed by atoms with E-state index >= 15 is 0 Å². The number of nitrogens with one attached hydrogen (secondary N) is 2. The molecule has 0 radical (unpaired) electrons. The van der Waals surface area contributed by atoms with Crippen molar-refractivity contribution in [2.24, 2.45) is 0 Å². The van der Waals surface area contributed by atoms with Crippen LogP contribution in [0.1, 0.15) is 17.2 Å². The lowest BCUT2D eigenvalue weighted by atomic mass is 10.1. The molecule has 0 saturated heterocycles. The number of amides is 1. The van der Waals surface area contributed by atoms with Gasteiger partial charge in [-0.15, -0.1) is 0 Å². The fourth-order valence-electron chi connectivity index (χ4n) is 2.25. The van der Waals surface area contributed by atoms with Crippen LogP contribution < -0.4 is 10.6 Å². The van der Waals surface area contributed by atoms with E-state index in [9.17, 15) is 4.79 Å². The van der Waals surface area contributed by atoms with Gasteiger partial charge in [0.05, 0.1) is 10.6 Å². The molecule has 4 nitrogen and oxygen atoms in total. The van der Waals surface area contributed by atoms with Gasteiger partial charge in [0.1, 0.15) is 12.1 Å². The highest BCUT2D eigenvalue weighted by Gasteiger charge is 2.30. The second-order valence-electron chi connectivity index (χ2n) is 4.60. The third-order valence-corrected chi connectivity index (χ3v) is 4.07. The summed E-state index contributed by atoms with van der Waals surface area (Å²) in [6.45, 7) is 0. The van der Waals surface area contributed by atoms with E-state index in [1.54, 1.807) is 18.2 Å². The minimum atomic E-state index is -0.485. The highest BCUT2D eigenvalue weighted by molar-refractivity contribution is 9.10. The summed E-state index contributed by atoms with van der Waals surface area (Å²) in [5.74, 6) is -0.128. The lowest BCUT2D eigenvalue weighted by Gasteiger charge is -2.13. The van der Waals surface area contributed by atoms with Crippen LogP contribution in [0.4, 0.5) is 11.4 Å². The molecule has 104 valence electrons. The number of halogens is 2. The number of fused-ring (bicyclic) bond motifs is 1. The predicted molar refractivity (Wildman–Crippen MR) is 85.3 cm³/mol. The molecule has 1 unspecified atom stereocenters. The molecule has 0 saturated carbocycles. The average molecular weight is 363 g/mol. The molecular formula is C15H9BrClN3O. The van der Waals surface area contributed by atoms with Crippen LogP contribution in [0.2, 0.25) is 5.02 Å². The maximum absolute atomic E-state index is 12.1. The maximum Gasteiger partial charge on any atom is 0.251 e. The van der Waals surface area contributed by atoms with Crippen LogP contribution in [-0.4, -0.2) is 5.91 Å². The molecule has 1 amide bonds.